The summed E-state index contributed by atoms with van der Waals surface area (Å²) in [5, 5.41) is 0. The fourth-order valence-corrected chi connectivity index (χ4v) is 2.49. The van der Waals surface area contributed by atoms with Gasteiger partial charge in [0.05, 0.1) is 6.61 Å². The van der Waals surface area contributed by atoms with E-state index < -0.39 is 0 Å². The molecule has 1 aromatic rings. The molecule has 86 valence electrons. The summed E-state index contributed by atoms with van der Waals surface area (Å²) >= 11 is 0. The summed E-state index contributed by atoms with van der Waals surface area (Å²) in [6.07, 6.45) is 1.11. The number of para-hydroxylation sites is 1. The number of rotatable bonds is 1. The largest absolute Gasteiger partial charge is 0.464 e. The van der Waals surface area contributed by atoms with Gasteiger partial charge in [0.2, 0.25) is 6.29 Å². The quantitative estimate of drug-likeness (QED) is 0.719. The Morgan fingerprint density at radius 3 is 3.00 bits per heavy atom. The van der Waals surface area contributed by atoms with Crippen LogP contribution >= 0.6 is 0 Å². The normalized spacial score (nSPS) is 29.8. The van der Waals surface area contributed by atoms with Crippen molar-refractivity contribution in [3.8, 4) is 5.75 Å². The van der Waals surface area contributed by atoms with Crippen LogP contribution in [0.3, 0.4) is 0 Å². The molecule has 2 heterocycles. The summed E-state index contributed by atoms with van der Waals surface area (Å²) in [6.45, 7) is 2.91. The molecular formula is C13H17NO2. The second kappa shape index (κ2) is 4.07. The minimum absolute atomic E-state index is 0.0557. The van der Waals surface area contributed by atoms with E-state index in [1.54, 1.807) is 0 Å². The molecule has 0 N–H and O–H groups in total. The Labute approximate surface area is 96.0 Å². The molecule has 0 aliphatic carbocycles. The molecular weight excluding hydrogens is 202 g/mol. The average molecular weight is 219 g/mol. The number of hydrogen-bond acceptors (Lipinski definition) is 3. The van der Waals surface area contributed by atoms with Crippen molar-refractivity contribution < 1.29 is 9.47 Å². The molecule has 0 amide bonds. The van der Waals surface area contributed by atoms with Crippen LogP contribution in [0, 0.1) is 5.92 Å². The Morgan fingerprint density at radius 2 is 2.19 bits per heavy atom. The minimum atomic E-state index is -0.0557. The van der Waals surface area contributed by atoms with E-state index in [9.17, 15) is 0 Å². The van der Waals surface area contributed by atoms with Gasteiger partial charge in [0.1, 0.15) is 5.75 Å². The standard InChI is InChI=1S/C13H17NO2/c1-14-7-6-10(8-14)13-15-9-11-4-2-3-5-12(11)16-13/h2-5,10,13H,6-9H2,1H3. The van der Waals surface area contributed by atoms with E-state index in [0.717, 1.165) is 24.4 Å². The van der Waals surface area contributed by atoms with Crippen LogP contribution in [0.5, 0.6) is 5.75 Å². The molecule has 2 aliphatic heterocycles. The van der Waals surface area contributed by atoms with Crippen molar-refractivity contribution in [2.24, 2.45) is 5.92 Å². The van der Waals surface area contributed by atoms with Crippen molar-refractivity contribution in [2.45, 2.75) is 19.3 Å². The van der Waals surface area contributed by atoms with Crippen molar-refractivity contribution in [1.82, 2.24) is 4.90 Å². The number of nitrogens with zero attached hydrogens (tertiary/aromatic N) is 1. The van der Waals surface area contributed by atoms with E-state index in [2.05, 4.69) is 18.0 Å². The molecule has 0 aromatic heterocycles. The first-order chi connectivity index (χ1) is 7.83. The Bertz CT molecular complexity index is 380. The van der Waals surface area contributed by atoms with Gasteiger partial charge in [-0.15, -0.1) is 0 Å². The summed E-state index contributed by atoms with van der Waals surface area (Å²) < 4.78 is 11.7. The van der Waals surface area contributed by atoms with Crippen LogP contribution in [-0.4, -0.2) is 31.3 Å². The maximum atomic E-state index is 5.92. The first-order valence-electron chi connectivity index (χ1n) is 5.87. The highest BCUT2D eigenvalue weighted by Crippen LogP contribution is 2.31. The summed E-state index contributed by atoms with van der Waals surface area (Å²) in [6, 6.07) is 8.13. The van der Waals surface area contributed by atoms with Gasteiger partial charge >= 0.3 is 0 Å². The van der Waals surface area contributed by atoms with E-state index >= 15 is 0 Å². The van der Waals surface area contributed by atoms with Crippen molar-refractivity contribution in [2.75, 3.05) is 20.1 Å². The highest BCUT2D eigenvalue weighted by atomic mass is 16.7. The van der Waals surface area contributed by atoms with Gasteiger partial charge < -0.3 is 14.4 Å². The lowest BCUT2D eigenvalue weighted by atomic mass is 10.1. The molecule has 1 saturated heterocycles. The van der Waals surface area contributed by atoms with E-state index in [1.165, 1.54) is 6.42 Å². The van der Waals surface area contributed by atoms with Gasteiger partial charge in [-0.25, -0.2) is 0 Å². The van der Waals surface area contributed by atoms with Crippen LogP contribution in [0.2, 0.25) is 0 Å². The first-order valence-corrected chi connectivity index (χ1v) is 5.87. The van der Waals surface area contributed by atoms with Crippen LogP contribution in [0.4, 0.5) is 0 Å². The average Bonchev–Trinajstić information content (AvgIpc) is 2.75. The molecule has 0 spiro atoms. The van der Waals surface area contributed by atoms with E-state index in [4.69, 9.17) is 9.47 Å². The molecule has 0 bridgehead atoms. The number of fused-ring (bicyclic) bond motifs is 1. The molecule has 1 fully saturated rings. The third-order valence-electron chi connectivity index (χ3n) is 3.43. The van der Waals surface area contributed by atoms with Crippen LogP contribution < -0.4 is 4.74 Å². The third kappa shape index (κ3) is 1.81. The van der Waals surface area contributed by atoms with Crippen molar-refractivity contribution in [3.05, 3.63) is 29.8 Å². The van der Waals surface area contributed by atoms with Gasteiger partial charge in [-0.1, -0.05) is 18.2 Å². The number of likely N-dealkylation sites (tertiary alicyclic amines) is 1. The molecule has 2 aliphatic rings. The minimum Gasteiger partial charge on any atom is -0.464 e. The van der Waals surface area contributed by atoms with Gasteiger partial charge in [0, 0.05) is 18.0 Å². The topological polar surface area (TPSA) is 21.7 Å². The number of hydrogen-bond donors (Lipinski definition) is 0. The zero-order valence-corrected chi connectivity index (χ0v) is 9.56. The predicted molar refractivity (Wildman–Crippen MR) is 61.3 cm³/mol. The molecule has 3 heteroatoms. The monoisotopic (exact) mass is 219 g/mol. The van der Waals surface area contributed by atoms with Crippen LogP contribution in [0.1, 0.15) is 12.0 Å². The van der Waals surface area contributed by atoms with Gasteiger partial charge in [-0.2, -0.15) is 0 Å². The SMILES string of the molecule is CN1CCC(C2OCc3ccccc3O2)C1. The van der Waals surface area contributed by atoms with Crippen molar-refractivity contribution in [1.29, 1.82) is 0 Å². The molecule has 3 nitrogen and oxygen atoms in total. The van der Waals surface area contributed by atoms with Gasteiger partial charge in [-0.3, -0.25) is 0 Å². The van der Waals surface area contributed by atoms with Crippen LogP contribution in [0.25, 0.3) is 0 Å². The van der Waals surface area contributed by atoms with E-state index in [-0.39, 0.29) is 6.29 Å². The molecule has 0 radical (unpaired) electrons. The Hall–Kier alpha value is -1.06. The number of ether oxygens (including phenoxy) is 2. The first kappa shape index (κ1) is 10.1. The summed E-state index contributed by atoms with van der Waals surface area (Å²) in [5.74, 6) is 1.51. The molecule has 2 atom stereocenters. The van der Waals surface area contributed by atoms with Crippen molar-refractivity contribution in [3.63, 3.8) is 0 Å². The fourth-order valence-electron chi connectivity index (χ4n) is 2.49. The molecule has 16 heavy (non-hydrogen) atoms. The van der Waals surface area contributed by atoms with Gasteiger partial charge in [0.15, 0.2) is 0 Å². The third-order valence-corrected chi connectivity index (χ3v) is 3.43. The van der Waals surface area contributed by atoms with E-state index in [0.29, 0.717) is 12.5 Å². The Balaban J connectivity index is 1.73. The van der Waals surface area contributed by atoms with Crippen LogP contribution in [-0.2, 0) is 11.3 Å². The van der Waals surface area contributed by atoms with Gasteiger partial charge in [-0.05, 0) is 26.1 Å². The lowest BCUT2D eigenvalue weighted by Gasteiger charge is -2.30. The van der Waals surface area contributed by atoms with Crippen LogP contribution in [0.15, 0.2) is 24.3 Å². The summed E-state index contributed by atoms with van der Waals surface area (Å²) in [7, 11) is 2.15. The maximum Gasteiger partial charge on any atom is 0.204 e. The second-order valence-corrected chi connectivity index (χ2v) is 4.72. The lowest BCUT2D eigenvalue weighted by molar-refractivity contribution is -0.137. The van der Waals surface area contributed by atoms with Gasteiger partial charge in [0.25, 0.3) is 0 Å². The Morgan fingerprint density at radius 1 is 1.31 bits per heavy atom. The summed E-state index contributed by atoms with van der Waals surface area (Å²) in [5.41, 5.74) is 1.16. The zero-order chi connectivity index (χ0) is 11.0. The molecule has 1 aromatic carbocycles. The smallest absolute Gasteiger partial charge is 0.204 e. The lowest BCUT2D eigenvalue weighted by Crippen LogP contribution is -2.34. The fraction of sp³-hybridized carbons (Fsp3) is 0.538. The number of benzene rings is 1. The molecule has 3 rings (SSSR count). The highest BCUT2D eigenvalue weighted by molar-refractivity contribution is 5.33. The molecule has 2 unspecified atom stereocenters. The zero-order valence-electron chi connectivity index (χ0n) is 9.56. The van der Waals surface area contributed by atoms with E-state index in [1.807, 2.05) is 18.2 Å². The highest BCUT2D eigenvalue weighted by Gasteiger charge is 2.32. The van der Waals surface area contributed by atoms with Crippen molar-refractivity contribution >= 4 is 0 Å². The molecule has 0 saturated carbocycles. The maximum absolute atomic E-state index is 5.92. The Kier molecular flexibility index (Phi) is 2.58. The second-order valence-electron chi connectivity index (χ2n) is 4.72. The predicted octanol–water partition coefficient (Wildman–Crippen LogP) is 1.87. The summed E-state index contributed by atoms with van der Waals surface area (Å²) in [4.78, 5) is 2.33.